The van der Waals surface area contributed by atoms with Gasteiger partial charge in [0.05, 0.1) is 12.5 Å². The Morgan fingerprint density at radius 3 is 2.64 bits per heavy atom. The number of carbonyl (C=O) groups is 1. The summed E-state index contributed by atoms with van der Waals surface area (Å²) in [4.78, 5) is 14.9. The van der Waals surface area contributed by atoms with Crippen molar-refractivity contribution in [3.63, 3.8) is 0 Å². The van der Waals surface area contributed by atoms with Crippen LogP contribution in [0, 0.1) is 0 Å². The third-order valence-corrected chi connectivity index (χ3v) is 4.47. The lowest BCUT2D eigenvalue weighted by Crippen LogP contribution is -2.36. The van der Waals surface area contributed by atoms with E-state index in [-0.39, 0.29) is 11.8 Å². The van der Waals surface area contributed by atoms with Crippen LogP contribution in [-0.4, -0.2) is 31.1 Å². The fourth-order valence-corrected chi connectivity index (χ4v) is 3.19. The van der Waals surface area contributed by atoms with E-state index in [1.807, 2.05) is 40.6 Å². The van der Waals surface area contributed by atoms with Crippen LogP contribution in [0.2, 0.25) is 0 Å². The fraction of sp³-hybridized carbons (Fsp3) is 0.389. The number of hydrogen-bond acceptors (Lipinski definition) is 3. The van der Waals surface area contributed by atoms with Gasteiger partial charge < -0.3 is 9.64 Å². The van der Waals surface area contributed by atoms with Crippen LogP contribution in [-0.2, 0) is 16.1 Å². The number of ether oxygens (including phenoxy) is 1. The van der Waals surface area contributed by atoms with Gasteiger partial charge in [-0.1, -0.05) is 37.3 Å². The molecule has 0 N–H and O–H groups in total. The summed E-state index contributed by atoms with van der Waals surface area (Å²) in [6.45, 7) is 3.89. The first-order valence-corrected chi connectivity index (χ1v) is 8.54. The molecule has 3 nitrogen and oxygen atoms in total. The minimum Gasteiger partial charge on any atom is -0.383 e. The van der Waals surface area contributed by atoms with E-state index in [0.29, 0.717) is 19.7 Å². The second kappa shape index (κ2) is 8.71. The molecule has 1 atom stereocenters. The Balaban J connectivity index is 2.15. The van der Waals surface area contributed by atoms with E-state index >= 15 is 0 Å². The number of amides is 1. The molecule has 0 fully saturated rings. The highest BCUT2D eigenvalue weighted by Crippen LogP contribution is 2.23. The SMILES string of the molecule is CCC(C(=O)N(CCOC)Cc1ccsc1)c1ccccc1. The number of methoxy groups -OCH3 is 1. The lowest BCUT2D eigenvalue weighted by Gasteiger charge is -2.27. The number of carbonyl (C=O) groups excluding carboxylic acids is 1. The first kappa shape index (κ1) is 16.7. The summed E-state index contributed by atoms with van der Waals surface area (Å²) in [6, 6.07) is 12.1. The molecule has 0 aliphatic carbocycles. The maximum absolute atomic E-state index is 13.0. The number of nitrogens with zero attached hydrogens (tertiary/aromatic N) is 1. The first-order valence-electron chi connectivity index (χ1n) is 7.60. The normalized spacial score (nSPS) is 12.1. The zero-order valence-corrected chi connectivity index (χ0v) is 14.0. The molecule has 0 bridgehead atoms. The molecule has 1 aromatic heterocycles. The van der Waals surface area contributed by atoms with Crippen molar-refractivity contribution in [1.82, 2.24) is 4.90 Å². The van der Waals surface area contributed by atoms with Crippen LogP contribution >= 0.6 is 11.3 Å². The molecule has 4 heteroatoms. The lowest BCUT2D eigenvalue weighted by molar-refractivity contribution is -0.134. The molecular weight excluding hydrogens is 294 g/mol. The zero-order chi connectivity index (χ0) is 15.8. The molecule has 0 saturated heterocycles. The molecule has 1 heterocycles. The molecule has 0 saturated carbocycles. The van der Waals surface area contributed by atoms with Crippen molar-refractivity contribution >= 4 is 17.2 Å². The van der Waals surface area contributed by atoms with Crippen molar-refractivity contribution in [3.8, 4) is 0 Å². The van der Waals surface area contributed by atoms with E-state index in [9.17, 15) is 4.79 Å². The highest BCUT2D eigenvalue weighted by Gasteiger charge is 2.24. The minimum absolute atomic E-state index is 0.0864. The summed E-state index contributed by atoms with van der Waals surface area (Å²) >= 11 is 1.66. The van der Waals surface area contributed by atoms with Crippen molar-refractivity contribution in [1.29, 1.82) is 0 Å². The summed E-state index contributed by atoms with van der Waals surface area (Å²) in [6.07, 6.45) is 0.802. The summed E-state index contributed by atoms with van der Waals surface area (Å²) < 4.78 is 5.17. The van der Waals surface area contributed by atoms with E-state index < -0.39 is 0 Å². The van der Waals surface area contributed by atoms with Crippen LogP contribution in [0.25, 0.3) is 0 Å². The predicted molar refractivity (Wildman–Crippen MR) is 91.1 cm³/mol. The van der Waals surface area contributed by atoms with Gasteiger partial charge in [-0.3, -0.25) is 4.79 Å². The summed E-state index contributed by atoms with van der Waals surface area (Å²) in [5.41, 5.74) is 2.26. The van der Waals surface area contributed by atoms with Gasteiger partial charge in [-0.15, -0.1) is 0 Å². The van der Waals surface area contributed by atoms with Crippen LogP contribution in [0.3, 0.4) is 0 Å². The van der Waals surface area contributed by atoms with Crippen LogP contribution in [0.1, 0.15) is 30.4 Å². The molecule has 1 unspecified atom stereocenters. The molecule has 0 spiro atoms. The lowest BCUT2D eigenvalue weighted by atomic mass is 9.95. The molecule has 2 aromatic rings. The third-order valence-electron chi connectivity index (χ3n) is 3.74. The summed E-state index contributed by atoms with van der Waals surface area (Å²) in [5.74, 6) is 0.0913. The van der Waals surface area contributed by atoms with Crippen molar-refractivity contribution in [2.75, 3.05) is 20.3 Å². The van der Waals surface area contributed by atoms with Crippen molar-refractivity contribution in [2.45, 2.75) is 25.8 Å². The molecule has 0 aliphatic heterocycles. The van der Waals surface area contributed by atoms with E-state index in [1.54, 1.807) is 18.4 Å². The fourth-order valence-electron chi connectivity index (χ4n) is 2.53. The van der Waals surface area contributed by atoms with Gasteiger partial charge in [0.15, 0.2) is 0 Å². The Bertz CT molecular complexity index is 554. The maximum atomic E-state index is 13.0. The van der Waals surface area contributed by atoms with Crippen molar-refractivity contribution in [2.24, 2.45) is 0 Å². The molecule has 0 radical (unpaired) electrons. The monoisotopic (exact) mass is 317 g/mol. The number of benzene rings is 1. The van der Waals surface area contributed by atoms with Gasteiger partial charge in [0.2, 0.25) is 5.91 Å². The number of thiophene rings is 1. The van der Waals surface area contributed by atoms with Gasteiger partial charge in [-0.25, -0.2) is 0 Å². The molecule has 118 valence electrons. The van der Waals surface area contributed by atoms with Crippen molar-refractivity contribution < 1.29 is 9.53 Å². The largest absolute Gasteiger partial charge is 0.383 e. The third kappa shape index (κ3) is 4.42. The minimum atomic E-state index is -0.0864. The Hall–Kier alpha value is -1.65. The van der Waals surface area contributed by atoms with Gasteiger partial charge in [0, 0.05) is 20.2 Å². The smallest absolute Gasteiger partial charge is 0.230 e. The first-order chi connectivity index (χ1) is 10.8. The molecule has 0 aliphatic rings. The predicted octanol–water partition coefficient (Wildman–Crippen LogP) is 3.92. The Kier molecular flexibility index (Phi) is 6.62. The van der Waals surface area contributed by atoms with Gasteiger partial charge in [-0.2, -0.15) is 11.3 Å². The van der Waals surface area contributed by atoms with Gasteiger partial charge in [0.1, 0.15) is 0 Å². The molecule has 1 aromatic carbocycles. The van der Waals surface area contributed by atoms with Crippen LogP contribution < -0.4 is 0 Å². The highest BCUT2D eigenvalue weighted by molar-refractivity contribution is 7.07. The molecule has 2 rings (SSSR count). The van der Waals surface area contributed by atoms with E-state index in [4.69, 9.17) is 4.74 Å². The van der Waals surface area contributed by atoms with Crippen LogP contribution in [0.15, 0.2) is 47.2 Å². The topological polar surface area (TPSA) is 29.5 Å². The Morgan fingerprint density at radius 1 is 1.27 bits per heavy atom. The average Bonchev–Trinajstić information content (AvgIpc) is 3.06. The maximum Gasteiger partial charge on any atom is 0.230 e. The zero-order valence-electron chi connectivity index (χ0n) is 13.2. The van der Waals surface area contributed by atoms with Gasteiger partial charge in [0.25, 0.3) is 0 Å². The van der Waals surface area contributed by atoms with E-state index in [0.717, 1.165) is 12.0 Å². The van der Waals surface area contributed by atoms with Crippen LogP contribution in [0.5, 0.6) is 0 Å². The van der Waals surface area contributed by atoms with Crippen molar-refractivity contribution in [3.05, 3.63) is 58.3 Å². The standard InChI is InChI=1S/C18H23NO2S/c1-3-17(16-7-5-4-6-8-16)18(20)19(10-11-21-2)13-15-9-12-22-14-15/h4-9,12,14,17H,3,10-11,13H2,1-2H3. The summed E-state index contributed by atoms with van der Waals surface area (Å²) in [7, 11) is 1.67. The quantitative estimate of drug-likeness (QED) is 0.738. The molecular formula is C18H23NO2S. The number of rotatable bonds is 8. The second-order valence-corrected chi connectivity index (χ2v) is 6.04. The molecule has 1 amide bonds. The van der Waals surface area contributed by atoms with E-state index in [2.05, 4.69) is 18.4 Å². The van der Waals surface area contributed by atoms with Gasteiger partial charge in [-0.05, 0) is 34.4 Å². The Labute approximate surface area is 136 Å². The van der Waals surface area contributed by atoms with Gasteiger partial charge >= 0.3 is 0 Å². The number of hydrogen-bond donors (Lipinski definition) is 0. The highest BCUT2D eigenvalue weighted by atomic mass is 32.1. The van der Waals surface area contributed by atoms with Crippen LogP contribution in [0.4, 0.5) is 0 Å². The van der Waals surface area contributed by atoms with E-state index in [1.165, 1.54) is 5.56 Å². The average molecular weight is 317 g/mol. The Morgan fingerprint density at radius 2 is 2.05 bits per heavy atom. The molecule has 22 heavy (non-hydrogen) atoms. The summed E-state index contributed by atoms with van der Waals surface area (Å²) in [5, 5.41) is 4.14. The second-order valence-electron chi connectivity index (χ2n) is 5.26.